The Morgan fingerprint density at radius 1 is 1.04 bits per heavy atom. The minimum Gasteiger partial charge on any atom is -0.497 e. The maximum absolute atomic E-state index is 5.22. The molecule has 2 N–H and O–H groups in total. The van der Waals surface area contributed by atoms with Gasteiger partial charge in [-0.05, 0) is 48.4 Å². The van der Waals surface area contributed by atoms with E-state index >= 15 is 0 Å². The van der Waals surface area contributed by atoms with E-state index in [-0.39, 0.29) is 0 Å². The van der Waals surface area contributed by atoms with Crippen molar-refractivity contribution in [2.24, 2.45) is 0 Å². The summed E-state index contributed by atoms with van der Waals surface area (Å²) in [5.74, 6) is 1.66. The van der Waals surface area contributed by atoms with Gasteiger partial charge in [0.1, 0.15) is 23.5 Å². The van der Waals surface area contributed by atoms with Gasteiger partial charge in [0.15, 0.2) is 0 Å². The summed E-state index contributed by atoms with van der Waals surface area (Å²) in [6, 6.07) is 18.5. The van der Waals surface area contributed by atoms with Crippen LogP contribution in [0, 0.1) is 6.92 Å². The quantitative estimate of drug-likeness (QED) is 0.557. The Morgan fingerprint density at radius 3 is 2.65 bits per heavy atom. The van der Waals surface area contributed by atoms with E-state index in [1.165, 1.54) is 11.1 Å². The van der Waals surface area contributed by atoms with E-state index in [1.807, 2.05) is 24.3 Å². The summed E-state index contributed by atoms with van der Waals surface area (Å²) in [5, 5.41) is 4.40. The summed E-state index contributed by atoms with van der Waals surface area (Å²) >= 11 is 0. The summed E-state index contributed by atoms with van der Waals surface area (Å²) in [6.07, 6.45) is 1.58. The van der Waals surface area contributed by atoms with Crippen molar-refractivity contribution in [3.05, 3.63) is 72.1 Å². The van der Waals surface area contributed by atoms with Crippen molar-refractivity contribution < 1.29 is 4.74 Å². The largest absolute Gasteiger partial charge is 0.497 e. The van der Waals surface area contributed by atoms with Crippen LogP contribution in [0.25, 0.3) is 22.3 Å². The average molecular weight is 344 g/mol. The van der Waals surface area contributed by atoms with Gasteiger partial charge in [-0.2, -0.15) is 0 Å². The van der Waals surface area contributed by atoms with Crippen molar-refractivity contribution in [2.75, 3.05) is 12.4 Å². The molecular weight excluding hydrogens is 324 g/mol. The van der Waals surface area contributed by atoms with E-state index in [0.717, 1.165) is 40.4 Å². The van der Waals surface area contributed by atoms with E-state index < -0.39 is 0 Å². The molecule has 0 amide bonds. The van der Waals surface area contributed by atoms with E-state index in [1.54, 1.807) is 13.4 Å². The monoisotopic (exact) mass is 344 g/mol. The molecule has 130 valence electrons. The van der Waals surface area contributed by atoms with Crippen LogP contribution in [0.2, 0.25) is 0 Å². The first-order chi connectivity index (χ1) is 12.7. The first-order valence-electron chi connectivity index (χ1n) is 8.50. The molecule has 0 spiro atoms. The third kappa shape index (κ3) is 3.24. The van der Waals surface area contributed by atoms with Crippen LogP contribution in [0.3, 0.4) is 0 Å². The molecule has 2 heterocycles. The fraction of sp³-hybridized carbons (Fsp3) is 0.143. The Hall–Kier alpha value is -3.34. The molecule has 5 nitrogen and oxygen atoms in total. The van der Waals surface area contributed by atoms with Crippen LogP contribution in [0.15, 0.2) is 60.9 Å². The zero-order chi connectivity index (χ0) is 17.9. The first-order valence-corrected chi connectivity index (χ1v) is 8.50. The fourth-order valence-electron chi connectivity index (χ4n) is 3.01. The second-order valence-corrected chi connectivity index (χ2v) is 6.24. The number of nitrogens with one attached hydrogen (secondary N) is 2. The smallest absolute Gasteiger partial charge is 0.143 e. The molecule has 0 aliphatic carbocycles. The predicted molar refractivity (Wildman–Crippen MR) is 104 cm³/mol. The topological polar surface area (TPSA) is 62.8 Å². The number of nitrogens with zero attached hydrogens (tertiary/aromatic N) is 2. The van der Waals surface area contributed by atoms with Crippen LogP contribution in [0.5, 0.6) is 5.75 Å². The second kappa shape index (κ2) is 6.88. The SMILES string of the molecule is COc1ccc(-c2cc3c(NCc4cccc(C)c4)ncnc3[nH]2)cc1. The highest BCUT2D eigenvalue weighted by Gasteiger charge is 2.09. The van der Waals surface area contributed by atoms with Crippen molar-refractivity contribution in [2.45, 2.75) is 13.5 Å². The number of aromatic amines is 1. The maximum Gasteiger partial charge on any atom is 0.143 e. The maximum atomic E-state index is 5.22. The van der Waals surface area contributed by atoms with Crippen molar-refractivity contribution in [1.82, 2.24) is 15.0 Å². The zero-order valence-corrected chi connectivity index (χ0v) is 14.8. The highest BCUT2D eigenvalue weighted by Crippen LogP contribution is 2.28. The molecule has 2 aromatic heterocycles. The summed E-state index contributed by atoms with van der Waals surface area (Å²) in [4.78, 5) is 12.1. The Morgan fingerprint density at radius 2 is 1.88 bits per heavy atom. The van der Waals surface area contributed by atoms with Gasteiger partial charge >= 0.3 is 0 Å². The lowest BCUT2D eigenvalue weighted by molar-refractivity contribution is 0.415. The Labute approximate surface area is 152 Å². The van der Waals surface area contributed by atoms with Crippen LogP contribution < -0.4 is 10.1 Å². The number of fused-ring (bicyclic) bond motifs is 1. The molecule has 0 fully saturated rings. The molecule has 4 aromatic rings. The van der Waals surface area contributed by atoms with Crippen molar-refractivity contribution >= 4 is 16.9 Å². The number of rotatable bonds is 5. The van der Waals surface area contributed by atoms with Crippen LogP contribution in [-0.2, 0) is 6.54 Å². The van der Waals surface area contributed by atoms with Crippen molar-refractivity contribution in [3.63, 3.8) is 0 Å². The summed E-state index contributed by atoms with van der Waals surface area (Å²) in [5.41, 5.74) is 5.37. The minimum atomic E-state index is 0.719. The lowest BCUT2D eigenvalue weighted by atomic mass is 10.1. The van der Waals surface area contributed by atoms with E-state index in [2.05, 4.69) is 57.5 Å². The molecular formula is C21H20N4O. The zero-order valence-electron chi connectivity index (χ0n) is 14.8. The number of ether oxygens (including phenoxy) is 1. The number of hydrogen-bond acceptors (Lipinski definition) is 4. The van der Waals surface area contributed by atoms with Gasteiger partial charge in [-0.15, -0.1) is 0 Å². The van der Waals surface area contributed by atoms with Crippen LogP contribution >= 0.6 is 0 Å². The predicted octanol–water partition coefficient (Wildman–Crippen LogP) is 4.55. The molecule has 0 saturated heterocycles. The molecule has 0 unspecified atom stereocenters. The van der Waals surface area contributed by atoms with Gasteiger partial charge in [0.2, 0.25) is 0 Å². The molecule has 4 rings (SSSR count). The minimum absolute atomic E-state index is 0.719. The summed E-state index contributed by atoms with van der Waals surface area (Å²) in [6.45, 7) is 2.82. The van der Waals surface area contributed by atoms with Crippen LogP contribution in [0.4, 0.5) is 5.82 Å². The lowest BCUT2D eigenvalue weighted by Crippen LogP contribution is -2.02. The molecule has 0 aliphatic heterocycles. The van der Waals surface area contributed by atoms with Gasteiger partial charge in [0.05, 0.1) is 12.5 Å². The second-order valence-electron chi connectivity index (χ2n) is 6.24. The summed E-state index contributed by atoms with van der Waals surface area (Å²) in [7, 11) is 1.67. The number of aromatic nitrogens is 3. The highest BCUT2D eigenvalue weighted by atomic mass is 16.5. The Balaban J connectivity index is 1.62. The van der Waals surface area contributed by atoms with Gasteiger partial charge < -0.3 is 15.0 Å². The lowest BCUT2D eigenvalue weighted by Gasteiger charge is -2.07. The average Bonchev–Trinajstić information content (AvgIpc) is 3.11. The Kier molecular flexibility index (Phi) is 4.27. The molecule has 0 bridgehead atoms. The number of H-pyrrole nitrogens is 1. The number of anilines is 1. The molecule has 0 aliphatic rings. The molecule has 26 heavy (non-hydrogen) atoms. The third-order valence-corrected chi connectivity index (χ3v) is 4.37. The Bertz CT molecular complexity index is 1040. The van der Waals surface area contributed by atoms with Crippen LogP contribution in [-0.4, -0.2) is 22.1 Å². The third-order valence-electron chi connectivity index (χ3n) is 4.37. The van der Waals surface area contributed by atoms with Gasteiger partial charge in [-0.25, -0.2) is 9.97 Å². The van der Waals surface area contributed by atoms with E-state index in [4.69, 9.17) is 4.74 Å². The summed E-state index contributed by atoms with van der Waals surface area (Å²) < 4.78 is 5.22. The standard InChI is InChI=1S/C21H20N4O/c1-14-4-3-5-15(10-14)12-22-20-18-11-19(25-21(18)24-13-23-20)16-6-8-17(26-2)9-7-16/h3-11,13H,12H2,1-2H3,(H2,22,23,24,25). The van der Waals surface area contributed by atoms with E-state index in [9.17, 15) is 0 Å². The molecule has 0 radical (unpaired) electrons. The first kappa shape index (κ1) is 16.1. The fourth-order valence-corrected chi connectivity index (χ4v) is 3.01. The van der Waals surface area contributed by atoms with Crippen molar-refractivity contribution in [3.8, 4) is 17.0 Å². The van der Waals surface area contributed by atoms with Crippen molar-refractivity contribution in [1.29, 1.82) is 0 Å². The normalized spacial score (nSPS) is 10.8. The number of aryl methyl sites for hydroxylation is 1. The van der Waals surface area contributed by atoms with Crippen LogP contribution in [0.1, 0.15) is 11.1 Å². The highest BCUT2D eigenvalue weighted by molar-refractivity contribution is 5.91. The van der Waals surface area contributed by atoms with E-state index in [0.29, 0.717) is 0 Å². The van der Waals surface area contributed by atoms with Gasteiger partial charge in [-0.1, -0.05) is 29.8 Å². The number of hydrogen-bond donors (Lipinski definition) is 2. The molecule has 0 atom stereocenters. The number of methoxy groups -OCH3 is 1. The molecule has 2 aromatic carbocycles. The molecule has 0 saturated carbocycles. The van der Waals surface area contributed by atoms with Gasteiger partial charge in [0.25, 0.3) is 0 Å². The van der Waals surface area contributed by atoms with Gasteiger partial charge in [0, 0.05) is 12.2 Å². The molecule has 5 heteroatoms. The van der Waals surface area contributed by atoms with Gasteiger partial charge in [-0.3, -0.25) is 0 Å². The number of benzene rings is 2.